The molecule has 0 N–H and O–H groups in total. The summed E-state index contributed by atoms with van der Waals surface area (Å²) >= 11 is 0. The van der Waals surface area contributed by atoms with Gasteiger partial charge in [0.25, 0.3) is 5.91 Å². The first-order valence-corrected chi connectivity index (χ1v) is 10.5. The van der Waals surface area contributed by atoms with Crippen LogP contribution in [0.2, 0.25) is 0 Å². The van der Waals surface area contributed by atoms with Crippen molar-refractivity contribution in [2.45, 2.75) is 33.6 Å². The third kappa shape index (κ3) is 3.95. The SMILES string of the molecule is Cc1cc(C)c(OC(=O)C2CCN(C(=O)c3cccc4ccccc34)CC2)c(C)c1. The average Bonchev–Trinajstić information content (AvgIpc) is 2.75. The van der Waals surface area contributed by atoms with Gasteiger partial charge in [0.2, 0.25) is 0 Å². The number of nitrogens with zero attached hydrogens (tertiary/aromatic N) is 1. The molecular weight excluding hydrogens is 374 g/mol. The first-order valence-electron chi connectivity index (χ1n) is 10.5. The van der Waals surface area contributed by atoms with Crippen molar-refractivity contribution >= 4 is 22.6 Å². The van der Waals surface area contributed by atoms with Crippen molar-refractivity contribution < 1.29 is 14.3 Å². The topological polar surface area (TPSA) is 46.6 Å². The Balaban J connectivity index is 1.42. The molecule has 3 aromatic carbocycles. The first-order chi connectivity index (χ1) is 14.4. The third-order valence-corrected chi connectivity index (χ3v) is 5.94. The lowest BCUT2D eigenvalue weighted by atomic mass is 9.95. The molecule has 0 aliphatic carbocycles. The molecule has 1 aliphatic heterocycles. The Bertz CT molecular complexity index is 1080. The maximum absolute atomic E-state index is 13.1. The Kier molecular flexibility index (Phi) is 5.58. The molecule has 0 radical (unpaired) electrons. The Morgan fingerprint density at radius 2 is 1.53 bits per heavy atom. The Morgan fingerprint density at radius 1 is 0.900 bits per heavy atom. The summed E-state index contributed by atoms with van der Waals surface area (Å²) in [5.41, 5.74) is 3.83. The minimum absolute atomic E-state index is 0.0313. The number of fused-ring (bicyclic) bond motifs is 1. The number of carbonyl (C=O) groups excluding carboxylic acids is 2. The first kappa shape index (κ1) is 20.1. The summed E-state index contributed by atoms with van der Waals surface area (Å²) in [6.45, 7) is 7.10. The van der Waals surface area contributed by atoms with Crippen LogP contribution in [0.4, 0.5) is 0 Å². The number of ether oxygens (including phenoxy) is 1. The average molecular weight is 402 g/mol. The Labute approximate surface area is 177 Å². The third-order valence-electron chi connectivity index (χ3n) is 5.94. The molecule has 3 aromatic rings. The second kappa shape index (κ2) is 8.31. The fraction of sp³-hybridized carbons (Fsp3) is 0.308. The zero-order chi connectivity index (χ0) is 21.3. The summed E-state index contributed by atoms with van der Waals surface area (Å²) in [7, 11) is 0. The zero-order valence-electron chi connectivity index (χ0n) is 17.8. The van der Waals surface area contributed by atoms with Crippen molar-refractivity contribution in [3.63, 3.8) is 0 Å². The zero-order valence-corrected chi connectivity index (χ0v) is 17.8. The summed E-state index contributed by atoms with van der Waals surface area (Å²) in [5, 5.41) is 2.03. The summed E-state index contributed by atoms with van der Waals surface area (Å²) in [6, 6.07) is 17.8. The predicted molar refractivity (Wildman–Crippen MR) is 119 cm³/mol. The van der Waals surface area contributed by atoms with E-state index in [4.69, 9.17) is 4.74 Å². The largest absolute Gasteiger partial charge is 0.426 e. The van der Waals surface area contributed by atoms with Gasteiger partial charge >= 0.3 is 5.97 Å². The van der Waals surface area contributed by atoms with Crippen LogP contribution in [-0.4, -0.2) is 29.9 Å². The number of hydrogen-bond donors (Lipinski definition) is 0. The van der Waals surface area contributed by atoms with Gasteiger partial charge in [-0.1, -0.05) is 54.1 Å². The van der Waals surface area contributed by atoms with Crippen molar-refractivity contribution in [2.24, 2.45) is 5.92 Å². The van der Waals surface area contributed by atoms with E-state index >= 15 is 0 Å². The molecule has 1 saturated heterocycles. The Hall–Kier alpha value is -3.14. The molecule has 1 heterocycles. The van der Waals surface area contributed by atoms with Crippen molar-refractivity contribution in [2.75, 3.05) is 13.1 Å². The molecule has 0 atom stereocenters. The molecule has 4 heteroatoms. The van der Waals surface area contributed by atoms with Crippen LogP contribution in [0.1, 0.15) is 39.9 Å². The number of carbonyl (C=O) groups is 2. The summed E-state index contributed by atoms with van der Waals surface area (Å²) in [6.07, 6.45) is 1.25. The predicted octanol–water partition coefficient (Wildman–Crippen LogP) is 5.22. The Morgan fingerprint density at radius 3 is 2.23 bits per heavy atom. The molecule has 1 amide bonds. The second-order valence-corrected chi connectivity index (χ2v) is 8.24. The van der Waals surface area contributed by atoms with Gasteiger partial charge in [-0.15, -0.1) is 0 Å². The van der Waals surface area contributed by atoms with E-state index in [0.717, 1.165) is 33.0 Å². The van der Waals surface area contributed by atoms with Crippen molar-refractivity contribution in [1.82, 2.24) is 4.90 Å². The van der Waals surface area contributed by atoms with E-state index < -0.39 is 0 Å². The van der Waals surface area contributed by atoms with Crippen LogP contribution in [-0.2, 0) is 4.79 Å². The quantitative estimate of drug-likeness (QED) is 0.446. The minimum atomic E-state index is -0.192. The molecule has 1 fully saturated rings. The van der Waals surface area contributed by atoms with E-state index in [1.807, 2.05) is 80.3 Å². The highest BCUT2D eigenvalue weighted by molar-refractivity contribution is 6.07. The van der Waals surface area contributed by atoms with Gasteiger partial charge in [-0.2, -0.15) is 0 Å². The van der Waals surface area contributed by atoms with Crippen LogP contribution in [0.15, 0.2) is 54.6 Å². The number of esters is 1. The van der Waals surface area contributed by atoms with Gasteiger partial charge in [0.05, 0.1) is 5.92 Å². The van der Waals surface area contributed by atoms with Crippen LogP contribution in [0.3, 0.4) is 0 Å². The smallest absolute Gasteiger partial charge is 0.314 e. The lowest BCUT2D eigenvalue weighted by molar-refractivity contribution is -0.140. The van der Waals surface area contributed by atoms with Crippen LogP contribution in [0.25, 0.3) is 10.8 Å². The van der Waals surface area contributed by atoms with E-state index in [2.05, 4.69) is 0 Å². The van der Waals surface area contributed by atoms with Crippen molar-refractivity contribution in [1.29, 1.82) is 0 Å². The van der Waals surface area contributed by atoms with Gasteiger partial charge in [-0.3, -0.25) is 9.59 Å². The van der Waals surface area contributed by atoms with Gasteiger partial charge in [0, 0.05) is 18.7 Å². The molecule has 1 aliphatic rings. The molecule has 0 spiro atoms. The molecule has 4 nitrogen and oxygen atoms in total. The maximum Gasteiger partial charge on any atom is 0.314 e. The lowest BCUT2D eigenvalue weighted by Gasteiger charge is -2.31. The number of benzene rings is 3. The summed E-state index contributed by atoms with van der Waals surface area (Å²) in [4.78, 5) is 27.7. The molecule has 0 unspecified atom stereocenters. The fourth-order valence-corrected chi connectivity index (χ4v) is 4.41. The normalized spacial score (nSPS) is 14.7. The standard InChI is InChI=1S/C26H27NO3/c1-17-15-18(2)24(19(3)16-17)30-26(29)21-11-13-27(14-12-21)25(28)23-10-6-8-20-7-4-5-9-22(20)23/h4-10,15-16,21H,11-14H2,1-3H3. The van der Waals surface area contributed by atoms with E-state index in [0.29, 0.717) is 31.7 Å². The minimum Gasteiger partial charge on any atom is -0.426 e. The summed E-state index contributed by atoms with van der Waals surface area (Å²) < 4.78 is 5.77. The molecule has 4 rings (SSSR count). The number of aryl methyl sites for hydroxylation is 3. The number of likely N-dealkylation sites (tertiary alicyclic amines) is 1. The van der Waals surface area contributed by atoms with Crippen LogP contribution >= 0.6 is 0 Å². The highest BCUT2D eigenvalue weighted by Crippen LogP contribution is 2.28. The lowest BCUT2D eigenvalue weighted by Crippen LogP contribution is -2.41. The second-order valence-electron chi connectivity index (χ2n) is 8.24. The number of amides is 1. The van der Waals surface area contributed by atoms with Gasteiger partial charge in [-0.25, -0.2) is 0 Å². The number of rotatable bonds is 3. The number of hydrogen-bond acceptors (Lipinski definition) is 3. The molecule has 154 valence electrons. The van der Waals surface area contributed by atoms with E-state index in [9.17, 15) is 9.59 Å². The van der Waals surface area contributed by atoms with Gasteiger partial charge < -0.3 is 9.64 Å². The van der Waals surface area contributed by atoms with Crippen molar-refractivity contribution in [3.05, 3.63) is 76.9 Å². The van der Waals surface area contributed by atoms with Crippen LogP contribution < -0.4 is 4.74 Å². The van der Waals surface area contributed by atoms with E-state index in [1.165, 1.54) is 0 Å². The van der Waals surface area contributed by atoms with Crippen LogP contribution in [0, 0.1) is 26.7 Å². The summed E-state index contributed by atoms with van der Waals surface area (Å²) in [5.74, 6) is 0.327. The van der Waals surface area contributed by atoms with E-state index in [1.54, 1.807) is 0 Å². The molecular formula is C26H27NO3. The highest BCUT2D eigenvalue weighted by Gasteiger charge is 2.30. The molecule has 0 saturated carbocycles. The number of piperidine rings is 1. The maximum atomic E-state index is 13.1. The van der Waals surface area contributed by atoms with Crippen molar-refractivity contribution in [3.8, 4) is 5.75 Å². The fourth-order valence-electron chi connectivity index (χ4n) is 4.41. The van der Waals surface area contributed by atoms with E-state index in [-0.39, 0.29) is 17.8 Å². The van der Waals surface area contributed by atoms with Gasteiger partial charge in [0.15, 0.2) is 0 Å². The van der Waals surface area contributed by atoms with Gasteiger partial charge in [-0.05, 0) is 61.6 Å². The molecule has 0 bridgehead atoms. The molecule has 30 heavy (non-hydrogen) atoms. The molecule has 0 aromatic heterocycles. The highest BCUT2D eigenvalue weighted by atomic mass is 16.5. The van der Waals surface area contributed by atoms with Crippen LogP contribution in [0.5, 0.6) is 5.75 Å². The monoisotopic (exact) mass is 401 g/mol. The van der Waals surface area contributed by atoms with Gasteiger partial charge in [0.1, 0.15) is 5.75 Å².